The molecule has 2 aliphatic rings. The fourth-order valence-electron chi connectivity index (χ4n) is 2.41. The van der Waals surface area contributed by atoms with E-state index in [2.05, 4.69) is 10.6 Å². The first kappa shape index (κ1) is 14.1. The summed E-state index contributed by atoms with van der Waals surface area (Å²) in [5, 5.41) is 15.2. The molecule has 19 heavy (non-hydrogen) atoms. The number of β-amino-alcohol motifs (C(OH)–C–C–N with tert-alkyl or cyclic N) is 1. The number of ether oxygens (including phenoxy) is 1. The molecule has 104 valence electrons. The number of benzene rings is 1. The molecule has 1 aromatic carbocycles. The molecule has 6 heteroatoms. The largest absolute Gasteiger partial charge is 0.493 e. The lowest BCUT2D eigenvalue weighted by atomic mass is 10.1. The average Bonchev–Trinajstić information content (AvgIpc) is 2.96. The molecule has 0 saturated carbocycles. The van der Waals surface area contributed by atoms with Crippen molar-refractivity contribution in [2.24, 2.45) is 0 Å². The number of aliphatic hydroxyl groups is 1. The van der Waals surface area contributed by atoms with Crippen molar-refractivity contribution in [3.63, 3.8) is 0 Å². The SMILES string of the molecule is Cl.O=C(Nc1ccc2c(c1)CCO2)C1CC(O)CN1. The summed E-state index contributed by atoms with van der Waals surface area (Å²) < 4.78 is 5.41. The van der Waals surface area contributed by atoms with E-state index in [1.54, 1.807) is 0 Å². The van der Waals surface area contributed by atoms with Crippen LogP contribution in [-0.4, -0.2) is 36.3 Å². The lowest BCUT2D eigenvalue weighted by molar-refractivity contribution is -0.117. The smallest absolute Gasteiger partial charge is 0.241 e. The van der Waals surface area contributed by atoms with Crippen LogP contribution < -0.4 is 15.4 Å². The van der Waals surface area contributed by atoms with Crippen molar-refractivity contribution in [1.29, 1.82) is 0 Å². The summed E-state index contributed by atoms with van der Waals surface area (Å²) in [4.78, 5) is 11.9. The quantitative estimate of drug-likeness (QED) is 0.748. The normalized spacial score (nSPS) is 24.3. The van der Waals surface area contributed by atoms with E-state index < -0.39 is 6.10 Å². The number of hydrogen-bond donors (Lipinski definition) is 3. The van der Waals surface area contributed by atoms with Crippen LogP contribution in [0.4, 0.5) is 5.69 Å². The van der Waals surface area contributed by atoms with Crippen LogP contribution in [0.1, 0.15) is 12.0 Å². The van der Waals surface area contributed by atoms with E-state index in [0.29, 0.717) is 19.6 Å². The van der Waals surface area contributed by atoms with E-state index in [9.17, 15) is 9.90 Å². The number of aliphatic hydroxyl groups excluding tert-OH is 1. The second-order valence-corrected chi connectivity index (χ2v) is 4.76. The highest BCUT2D eigenvalue weighted by molar-refractivity contribution is 5.95. The molecule has 3 N–H and O–H groups in total. The van der Waals surface area contributed by atoms with Crippen LogP contribution in [0.3, 0.4) is 0 Å². The Bertz CT molecular complexity index is 481. The summed E-state index contributed by atoms with van der Waals surface area (Å²) in [6.45, 7) is 1.19. The summed E-state index contributed by atoms with van der Waals surface area (Å²) in [5.74, 6) is 0.813. The molecule has 1 aromatic rings. The summed E-state index contributed by atoms with van der Waals surface area (Å²) >= 11 is 0. The molecule has 0 aromatic heterocycles. The Morgan fingerprint density at radius 1 is 1.47 bits per heavy atom. The number of anilines is 1. The first-order valence-electron chi connectivity index (χ1n) is 6.20. The number of carbonyl (C=O) groups excluding carboxylic acids is 1. The summed E-state index contributed by atoms with van der Waals surface area (Å²) in [5.41, 5.74) is 1.92. The van der Waals surface area contributed by atoms with E-state index in [1.165, 1.54) is 0 Å². The van der Waals surface area contributed by atoms with Gasteiger partial charge in [-0.1, -0.05) is 0 Å². The monoisotopic (exact) mass is 284 g/mol. The van der Waals surface area contributed by atoms with Gasteiger partial charge in [-0.05, 0) is 30.2 Å². The summed E-state index contributed by atoms with van der Waals surface area (Å²) in [6, 6.07) is 5.37. The summed E-state index contributed by atoms with van der Waals surface area (Å²) in [6.07, 6.45) is 0.938. The van der Waals surface area contributed by atoms with Gasteiger partial charge in [-0.3, -0.25) is 4.79 Å². The lowest BCUT2D eigenvalue weighted by Gasteiger charge is -2.11. The molecule has 3 rings (SSSR count). The van der Waals surface area contributed by atoms with Crippen molar-refractivity contribution in [1.82, 2.24) is 5.32 Å². The maximum Gasteiger partial charge on any atom is 0.241 e. The average molecular weight is 285 g/mol. The number of carbonyl (C=O) groups is 1. The molecule has 0 bridgehead atoms. The van der Waals surface area contributed by atoms with Crippen LogP contribution in [-0.2, 0) is 11.2 Å². The maximum atomic E-state index is 11.9. The van der Waals surface area contributed by atoms with Crippen LogP contribution in [0, 0.1) is 0 Å². The third kappa shape index (κ3) is 3.00. The van der Waals surface area contributed by atoms with E-state index in [1.807, 2.05) is 18.2 Å². The van der Waals surface area contributed by atoms with Gasteiger partial charge in [-0.2, -0.15) is 0 Å². The highest BCUT2D eigenvalue weighted by Crippen LogP contribution is 2.28. The first-order chi connectivity index (χ1) is 8.72. The number of hydrogen-bond acceptors (Lipinski definition) is 4. The van der Waals surface area contributed by atoms with E-state index in [4.69, 9.17) is 4.74 Å². The molecule has 0 spiro atoms. The van der Waals surface area contributed by atoms with Crippen molar-refractivity contribution in [2.75, 3.05) is 18.5 Å². The minimum Gasteiger partial charge on any atom is -0.493 e. The number of amides is 1. The van der Waals surface area contributed by atoms with Crippen LogP contribution in [0.25, 0.3) is 0 Å². The highest BCUT2D eigenvalue weighted by Gasteiger charge is 2.28. The molecular weight excluding hydrogens is 268 g/mol. The molecule has 2 aliphatic heterocycles. The predicted octanol–water partition coefficient (Wildman–Crippen LogP) is 0.705. The topological polar surface area (TPSA) is 70.6 Å². The lowest BCUT2D eigenvalue weighted by Crippen LogP contribution is -2.35. The number of fused-ring (bicyclic) bond motifs is 1. The van der Waals surface area contributed by atoms with Gasteiger partial charge < -0.3 is 20.5 Å². The van der Waals surface area contributed by atoms with Crippen LogP contribution in [0.15, 0.2) is 18.2 Å². The zero-order valence-corrected chi connectivity index (χ0v) is 11.2. The fourth-order valence-corrected chi connectivity index (χ4v) is 2.41. The van der Waals surface area contributed by atoms with Gasteiger partial charge in [0, 0.05) is 18.7 Å². The van der Waals surface area contributed by atoms with Gasteiger partial charge in [0.25, 0.3) is 0 Å². The van der Waals surface area contributed by atoms with Crippen molar-refractivity contribution in [3.05, 3.63) is 23.8 Å². The van der Waals surface area contributed by atoms with E-state index in [0.717, 1.165) is 23.4 Å². The highest BCUT2D eigenvalue weighted by atomic mass is 35.5. The Morgan fingerprint density at radius 2 is 2.32 bits per heavy atom. The predicted molar refractivity (Wildman–Crippen MR) is 73.9 cm³/mol. The van der Waals surface area contributed by atoms with Gasteiger partial charge in [0.1, 0.15) is 5.75 Å². The molecule has 2 atom stereocenters. The molecule has 1 amide bonds. The van der Waals surface area contributed by atoms with Gasteiger partial charge in [0.05, 0.1) is 18.8 Å². The van der Waals surface area contributed by atoms with Crippen molar-refractivity contribution in [2.45, 2.75) is 25.0 Å². The Kier molecular flexibility index (Phi) is 4.29. The zero-order chi connectivity index (χ0) is 12.5. The second kappa shape index (κ2) is 5.77. The molecular formula is C13H17ClN2O3. The van der Waals surface area contributed by atoms with Gasteiger partial charge in [-0.15, -0.1) is 12.4 Å². The Morgan fingerprint density at radius 3 is 3.05 bits per heavy atom. The minimum atomic E-state index is -0.422. The van der Waals surface area contributed by atoms with Gasteiger partial charge in [0.15, 0.2) is 0 Å². The second-order valence-electron chi connectivity index (χ2n) is 4.76. The fraction of sp³-hybridized carbons (Fsp3) is 0.462. The Balaban J connectivity index is 0.00000133. The minimum absolute atomic E-state index is 0. The van der Waals surface area contributed by atoms with Gasteiger partial charge >= 0.3 is 0 Å². The van der Waals surface area contributed by atoms with Gasteiger partial charge in [-0.25, -0.2) is 0 Å². The maximum absolute atomic E-state index is 11.9. The number of halogens is 1. The molecule has 2 heterocycles. The molecule has 0 radical (unpaired) electrons. The standard InChI is InChI=1S/C13H16N2O3.ClH/c16-10-6-11(14-7-10)13(17)15-9-1-2-12-8(5-9)3-4-18-12;/h1-2,5,10-11,14,16H,3-4,6-7H2,(H,15,17);1H. The third-order valence-corrected chi connectivity index (χ3v) is 3.38. The van der Waals surface area contributed by atoms with Crippen LogP contribution >= 0.6 is 12.4 Å². The van der Waals surface area contributed by atoms with Crippen LogP contribution in [0.2, 0.25) is 0 Å². The van der Waals surface area contributed by atoms with E-state index >= 15 is 0 Å². The van der Waals surface area contributed by atoms with Crippen molar-refractivity contribution < 1.29 is 14.6 Å². The van der Waals surface area contributed by atoms with E-state index in [-0.39, 0.29) is 24.4 Å². The van der Waals surface area contributed by atoms with Crippen molar-refractivity contribution >= 4 is 24.0 Å². The molecule has 1 saturated heterocycles. The number of rotatable bonds is 2. The zero-order valence-electron chi connectivity index (χ0n) is 10.4. The molecule has 2 unspecified atom stereocenters. The van der Waals surface area contributed by atoms with Crippen LogP contribution in [0.5, 0.6) is 5.75 Å². The Hall–Kier alpha value is -1.30. The molecule has 5 nitrogen and oxygen atoms in total. The third-order valence-electron chi connectivity index (χ3n) is 3.38. The molecule has 0 aliphatic carbocycles. The molecule has 1 fully saturated rings. The first-order valence-corrected chi connectivity index (χ1v) is 6.20. The van der Waals surface area contributed by atoms with Crippen molar-refractivity contribution in [3.8, 4) is 5.75 Å². The Labute approximate surface area is 117 Å². The summed E-state index contributed by atoms with van der Waals surface area (Å²) in [7, 11) is 0. The number of nitrogens with one attached hydrogen (secondary N) is 2. The van der Waals surface area contributed by atoms with Gasteiger partial charge in [0.2, 0.25) is 5.91 Å².